The Morgan fingerprint density at radius 2 is 1.94 bits per heavy atom. The largest absolute Gasteiger partial charge is 0.497 e. The van der Waals surface area contributed by atoms with Gasteiger partial charge in [0.15, 0.2) is 5.12 Å². The van der Waals surface area contributed by atoms with Crippen LogP contribution in [-0.2, 0) is 4.79 Å². The maximum absolute atomic E-state index is 10.7. The average Bonchev–Trinajstić information content (AvgIpc) is 2.37. The first-order valence-electron chi connectivity index (χ1n) is 5.68. The molecule has 0 saturated carbocycles. The lowest BCUT2D eigenvalue weighted by atomic mass is 10.0. The Labute approximate surface area is 111 Å². The molecule has 0 aliphatic heterocycles. The van der Waals surface area contributed by atoms with Gasteiger partial charge in [0.05, 0.1) is 13.2 Å². The number of ether oxygens (including phenoxy) is 1. The highest BCUT2D eigenvalue weighted by molar-refractivity contribution is 8.13. The van der Waals surface area contributed by atoms with E-state index in [1.807, 2.05) is 0 Å². The first kappa shape index (κ1) is 15.0. The van der Waals surface area contributed by atoms with Gasteiger partial charge in [0.25, 0.3) is 0 Å². The Morgan fingerprint density at radius 1 is 1.33 bits per heavy atom. The third kappa shape index (κ3) is 4.68. The van der Waals surface area contributed by atoms with Crippen LogP contribution in [0.15, 0.2) is 24.3 Å². The maximum Gasteiger partial charge on any atom is 0.185 e. The van der Waals surface area contributed by atoms with Gasteiger partial charge in [-0.2, -0.15) is 0 Å². The van der Waals surface area contributed by atoms with Crippen LogP contribution in [-0.4, -0.2) is 34.3 Å². The Balaban J connectivity index is 2.51. The third-order valence-corrected chi connectivity index (χ3v) is 3.39. The molecule has 0 spiro atoms. The smallest absolute Gasteiger partial charge is 0.185 e. The number of carbonyl (C=O) groups is 1. The molecular formula is C13H18O4S. The molecule has 0 bridgehead atoms. The average molecular weight is 270 g/mol. The summed E-state index contributed by atoms with van der Waals surface area (Å²) in [6.45, 7) is 1.48. The minimum atomic E-state index is -0.941. The van der Waals surface area contributed by atoms with E-state index >= 15 is 0 Å². The molecule has 2 N–H and O–H groups in total. The molecule has 1 aromatic carbocycles. The van der Waals surface area contributed by atoms with Crippen LogP contribution in [0.3, 0.4) is 0 Å². The summed E-state index contributed by atoms with van der Waals surface area (Å²) in [5.41, 5.74) is 0.635. The van der Waals surface area contributed by atoms with E-state index in [1.54, 1.807) is 31.4 Å². The second kappa shape index (κ2) is 7.41. The fourth-order valence-corrected chi connectivity index (χ4v) is 2.15. The Morgan fingerprint density at radius 3 is 2.44 bits per heavy atom. The van der Waals surface area contributed by atoms with Crippen LogP contribution in [0.2, 0.25) is 0 Å². The molecule has 4 nitrogen and oxygen atoms in total. The summed E-state index contributed by atoms with van der Waals surface area (Å²) < 4.78 is 5.02. The van der Waals surface area contributed by atoms with Gasteiger partial charge in [-0.25, -0.2) is 0 Å². The summed E-state index contributed by atoms with van der Waals surface area (Å²) in [7, 11) is 1.57. The van der Waals surface area contributed by atoms with Crippen molar-refractivity contribution in [2.45, 2.75) is 25.6 Å². The molecule has 0 fully saturated rings. The molecule has 0 amide bonds. The topological polar surface area (TPSA) is 66.8 Å². The van der Waals surface area contributed by atoms with E-state index in [-0.39, 0.29) is 5.12 Å². The highest BCUT2D eigenvalue weighted by atomic mass is 32.2. The first-order chi connectivity index (χ1) is 8.54. The van der Waals surface area contributed by atoms with Gasteiger partial charge in [-0.1, -0.05) is 23.9 Å². The summed E-state index contributed by atoms with van der Waals surface area (Å²) in [4.78, 5) is 10.7. The molecule has 100 valence electrons. The van der Waals surface area contributed by atoms with Gasteiger partial charge in [0, 0.05) is 12.7 Å². The zero-order valence-electron chi connectivity index (χ0n) is 10.5. The summed E-state index contributed by atoms with van der Waals surface area (Å²) in [6.07, 6.45) is -1.44. The van der Waals surface area contributed by atoms with Crippen LogP contribution in [0.5, 0.6) is 5.75 Å². The molecule has 0 heterocycles. The van der Waals surface area contributed by atoms with Crippen LogP contribution < -0.4 is 4.74 Å². The van der Waals surface area contributed by atoms with Crippen LogP contribution in [0.25, 0.3) is 0 Å². The minimum absolute atomic E-state index is 0.0149. The van der Waals surface area contributed by atoms with Crippen LogP contribution in [0, 0.1) is 0 Å². The fourth-order valence-electron chi connectivity index (χ4n) is 1.50. The van der Waals surface area contributed by atoms with Crippen molar-refractivity contribution in [1.29, 1.82) is 0 Å². The van der Waals surface area contributed by atoms with Crippen LogP contribution in [0.1, 0.15) is 25.0 Å². The second-order valence-electron chi connectivity index (χ2n) is 3.91. The molecule has 1 aromatic rings. The molecule has 0 saturated heterocycles. The lowest BCUT2D eigenvalue weighted by Gasteiger charge is -2.18. The van der Waals surface area contributed by atoms with Crippen LogP contribution in [0.4, 0.5) is 0 Å². The molecule has 2 atom stereocenters. The maximum atomic E-state index is 10.7. The Kier molecular flexibility index (Phi) is 6.18. The molecule has 18 heavy (non-hydrogen) atoms. The Bertz CT molecular complexity index is 377. The minimum Gasteiger partial charge on any atom is -0.497 e. The SMILES string of the molecule is COc1ccc(C(O)C(O)CCSC(C)=O)cc1. The van der Waals surface area contributed by atoms with Crippen molar-refractivity contribution >= 4 is 16.9 Å². The fraction of sp³-hybridized carbons (Fsp3) is 0.462. The van der Waals surface area contributed by atoms with E-state index in [0.29, 0.717) is 23.5 Å². The number of benzene rings is 1. The van der Waals surface area contributed by atoms with Gasteiger partial charge in [-0.3, -0.25) is 4.79 Å². The number of carbonyl (C=O) groups excluding carboxylic acids is 1. The number of hydrogen-bond donors (Lipinski definition) is 2. The van der Waals surface area contributed by atoms with E-state index in [0.717, 1.165) is 11.8 Å². The van der Waals surface area contributed by atoms with Gasteiger partial charge >= 0.3 is 0 Å². The monoisotopic (exact) mass is 270 g/mol. The van der Waals surface area contributed by atoms with E-state index in [2.05, 4.69) is 0 Å². The van der Waals surface area contributed by atoms with Gasteiger partial charge in [0.1, 0.15) is 11.9 Å². The number of aliphatic hydroxyl groups excluding tert-OH is 2. The zero-order chi connectivity index (χ0) is 13.5. The summed E-state index contributed by atoms with van der Waals surface area (Å²) >= 11 is 1.15. The molecule has 5 heteroatoms. The van der Waals surface area contributed by atoms with Gasteiger partial charge in [-0.05, 0) is 24.1 Å². The van der Waals surface area contributed by atoms with Gasteiger partial charge < -0.3 is 14.9 Å². The molecular weight excluding hydrogens is 252 g/mol. The highest BCUT2D eigenvalue weighted by Gasteiger charge is 2.18. The second-order valence-corrected chi connectivity index (χ2v) is 5.19. The van der Waals surface area contributed by atoms with Crippen LogP contribution >= 0.6 is 11.8 Å². The summed E-state index contributed by atoms with van der Waals surface area (Å²) in [5, 5.41) is 19.8. The molecule has 2 unspecified atom stereocenters. The highest BCUT2D eigenvalue weighted by Crippen LogP contribution is 2.22. The van der Waals surface area contributed by atoms with E-state index in [9.17, 15) is 15.0 Å². The molecule has 0 aliphatic carbocycles. The lowest BCUT2D eigenvalue weighted by Crippen LogP contribution is -2.19. The van der Waals surface area contributed by atoms with Crippen molar-refractivity contribution in [2.75, 3.05) is 12.9 Å². The zero-order valence-corrected chi connectivity index (χ0v) is 11.3. The van der Waals surface area contributed by atoms with Crippen molar-refractivity contribution in [3.05, 3.63) is 29.8 Å². The van der Waals surface area contributed by atoms with Gasteiger partial charge in [0.2, 0.25) is 0 Å². The lowest BCUT2D eigenvalue weighted by molar-refractivity contribution is -0.109. The summed E-state index contributed by atoms with van der Waals surface area (Å²) in [5.74, 6) is 1.21. The Hall–Kier alpha value is -1.04. The van der Waals surface area contributed by atoms with E-state index < -0.39 is 12.2 Å². The normalized spacial score (nSPS) is 14.0. The molecule has 0 aromatic heterocycles. The van der Waals surface area contributed by atoms with E-state index in [1.165, 1.54) is 6.92 Å². The quantitative estimate of drug-likeness (QED) is 0.824. The molecule has 0 aliphatic rings. The number of thioether (sulfide) groups is 1. The first-order valence-corrected chi connectivity index (χ1v) is 6.66. The van der Waals surface area contributed by atoms with E-state index in [4.69, 9.17) is 4.74 Å². The third-order valence-electron chi connectivity index (χ3n) is 2.54. The molecule has 0 radical (unpaired) electrons. The van der Waals surface area contributed by atoms with Crippen molar-refractivity contribution < 1.29 is 19.7 Å². The number of hydrogen-bond acceptors (Lipinski definition) is 5. The molecule has 1 rings (SSSR count). The standard InChI is InChI=1S/C13H18O4S/c1-9(14)18-8-7-12(15)13(16)10-3-5-11(17-2)6-4-10/h3-6,12-13,15-16H,7-8H2,1-2H3. The van der Waals surface area contributed by atoms with Crippen molar-refractivity contribution in [3.63, 3.8) is 0 Å². The van der Waals surface area contributed by atoms with Crippen molar-refractivity contribution in [3.8, 4) is 5.75 Å². The predicted molar refractivity (Wildman–Crippen MR) is 71.7 cm³/mol. The van der Waals surface area contributed by atoms with Crippen molar-refractivity contribution in [2.24, 2.45) is 0 Å². The number of aliphatic hydroxyl groups is 2. The van der Waals surface area contributed by atoms with Crippen molar-refractivity contribution in [1.82, 2.24) is 0 Å². The van der Waals surface area contributed by atoms with Gasteiger partial charge in [-0.15, -0.1) is 0 Å². The summed E-state index contributed by atoms with van der Waals surface area (Å²) in [6, 6.07) is 6.89. The number of methoxy groups -OCH3 is 1. The number of rotatable bonds is 6. The predicted octanol–water partition coefficient (Wildman–Crippen LogP) is 1.76.